The number of amides is 1. The molecule has 1 aromatic heterocycles. The normalized spacial score (nSPS) is 9.75. The molecule has 0 unspecified atom stereocenters. The molecule has 0 radical (unpaired) electrons. The predicted octanol–water partition coefficient (Wildman–Crippen LogP) is -0.323. The maximum absolute atomic E-state index is 10.7. The molecule has 1 aromatic rings. The van der Waals surface area contributed by atoms with E-state index in [4.69, 9.17) is 10.5 Å². The lowest BCUT2D eigenvalue weighted by atomic mass is 10.3. The number of primary amides is 1. The van der Waals surface area contributed by atoms with Crippen LogP contribution in [0, 0.1) is 0 Å². The number of ether oxygens (including phenoxy) is 1. The number of carbonyl (C=O) groups excluding carboxylic acids is 1. The maximum Gasteiger partial charge on any atom is 0.254 e. The average Bonchev–Trinajstić information content (AvgIpc) is 2.05. The van der Waals surface area contributed by atoms with Gasteiger partial charge in [-0.2, -0.15) is 4.57 Å². The number of rotatable bonds is 3. The maximum atomic E-state index is 10.7. The summed E-state index contributed by atoms with van der Waals surface area (Å²) in [5.74, 6) is -0.430. The molecule has 1 amide bonds. The van der Waals surface area contributed by atoms with E-state index in [0.29, 0.717) is 12.3 Å². The Balaban J connectivity index is 2.88. The molecule has 12 heavy (non-hydrogen) atoms. The highest BCUT2D eigenvalue weighted by Crippen LogP contribution is 1.91. The van der Waals surface area contributed by atoms with Gasteiger partial charge < -0.3 is 10.5 Å². The summed E-state index contributed by atoms with van der Waals surface area (Å²) >= 11 is 0. The number of pyridine rings is 1. The molecule has 0 aliphatic carbocycles. The third kappa shape index (κ3) is 2.03. The first kappa shape index (κ1) is 8.67. The van der Waals surface area contributed by atoms with Gasteiger partial charge in [0.15, 0.2) is 12.4 Å². The van der Waals surface area contributed by atoms with E-state index >= 15 is 0 Å². The van der Waals surface area contributed by atoms with Crippen molar-refractivity contribution in [2.75, 3.05) is 7.11 Å². The molecule has 0 saturated carbocycles. The Labute approximate surface area is 70.6 Å². The van der Waals surface area contributed by atoms with E-state index in [1.807, 2.05) is 0 Å². The van der Waals surface area contributed by atoms with Gasteiger partial charge in [-0.1, -0.05) is 0 Å². The lowest BCUT2D eigenvalue weighted by Crippen LogP contribution is -2.35. The zero-order valence-corrected chi connectivity index (χ0v) is 6.86. The monoisotopic (exact) mass is 167 g/mol. The summed E-state index contributed by atoms with van der Waals surface area (Å²) < 4.78 is 6.61. The van der Waals surface area contributed by atoms with Crippen molar-refractivity contribution in [3.05, 3.63) is 30.1 Å². The summed E-state index contributed by atoms with van der Waals surface area (Å²) in [6, 6.07) is 3.41. The number of nitrogens with two attached hydrogens (primary N) is 1. The van der Waals surface area contributed by atoms with Crippen molar-refractivity contribution in [1.29, 1.82) is 0 Å². The van der Waals surface area contributed by atoms with Crippen LogP contribution >= 0.6 is 0 Å². The van der Waals surface area contributed by atoms with Crippen LogP contribution in [0.1, 0.15) is 10.4 Å². The number of carbonyl (C=O) groups is 1. The lowest BCUT2D eigenvalue weighted by Gasteiger charge is -1.95. The number of methoxy groups -OCH3 is 1. The molecule has 64 valence electrons. The van der Waals surface area contributed by atoms with Crippen LogP contribution < -0.4 is 10.3 Å². The fraction of sp³-hybridized carbons (Fsp3) is 0.250. The smallest absolute Gasteiger partial charge is 0.254 e. The standard InChI is InChI=1S/C8H10N2O2/c1-12-6-10-4-2-3-7(5-10)8(9)11/h2-5H,6H2,1H3,(H-,9,11)/p+1. The van der Waals surface area contributed by atoms with Gasteiger partial charge in [-0.05, 0) is 6.07 Å². The van der Waals surface area contributed by atoms with E-state index in [0.717, 1.165) is 0 Å². The molecule has 0 aliphatic rings. The predicted molar refractivity (Wildman–Crippen MR) is 42.2 cm³/mol. The summed E-state index contributed by atoms with van der Waals surface area (Å²) in [5.41, 5.74) is 5.57. The molecule has 0 atom stereocenters. The van der Waals surface area contributed by atoms with Gasteiger partial charge in [0.05, 0.1) is 0 Å². The molecule has 0 fully saturated rings. The van der Waals surface area contributed by atoms with Gasteiger partial charge in [0.1, 0.15) is 5.56 Å². The highest BCUT2D eigenvalue weighted by atomic mass is 16.5. The first-order valence-corrected chi connectivity index (χ1v) is 3.52. The Bertz CT molecular complexity index is 286. The van der Waals surface area contributed by atoms with Gasteiger partial charge in [-0.3, -0.25) is 4.79 Å². The second-order valence-corrected chi connectivity index (χ2v) is 2.39. The van der Waals surface area contributed by atoms with Gasteiger partial charge in [0, 0.05) is 13.2 Å². The van der Waals surface area contributed by atoms with Crippen molar-refractivity contribution in [1.82, 2.24) is 0 Å². The molecule has 1 rings (SSSR count). The van der Waals surface area contributed by atoms with E-state index in [1.165, 1.54) is 0 Å². The fourth-order valence-electron chi connectivity index (χ4n) is 0.897. The van der Waals surface area contributed by atoms with Crippen molar-refractivity contribution in [2.45, 2.75) is 6.73 Å². The third-order valence-electron chi connectivity index (χ3n) is 1.42. The number of nitrogens with zero attached hydrogens (tertiary/aromatic N) is 1. The highest BCUT2D eigenvalue weighted by Gasteiger charge is 2.05. The minimum atomic E-state index is -0.430. The highest BCUT2D eigenvalue weighted by molar-refractivity contribution is 5.92. The van der Waals surface area contributed by atoms with E-state index in [2.05, 4.69) is 0 Å². The molecule has 1 heterocycles. The second-order valence-electron chi connectivity index (χ2n) is 2.39. The SMILES string of the molecule is COC[n+]1cccc(C(N)=O)c1. The van der Waals surface area contributed by atoms with Crippen LogP contribution in [0.15, 0.2) is 24.5 Å². The summed E-state index contributed by atoms with van der Waals surface area (Å²) in [4.78, 5) is 10.7. The number of aromatic nitrogens is 1. The van der Waals surface area contributed by atoms with Crippen LogP contribution in [-0.2, 0) is 11.5 Å². The molecule has 0 aromatic carbocycles. The molecule has 0 bridgehead atoms. The second kappa shape index (κ2) is 3.82. The van der Waals surface area contributed by atoms with E-state index < -0.39 is 5.91 Å². The van der Waals surface area contributed by atoms with Crippen molar-refractivity contribution in [3.8, 4) is 0 Å². The van der Waals surface area contributed by atoms with Crippen molar-refractivity contribution in [3.63, 3.8) is 0 Å². The summed E-state index contributed by atoms with van der Waals surface area (Å²) in [7, 11) is 1.59. The quantitative estimate of drug-likeness (QED) is 0.627. The minimum absolute atomic E-state index is 0.418. The van der Waals surface area contributed by atoms with Crippen LogP contribution in [0.25, 0.3) is 0 Å². The van der Waals surface area contributed by atoms with Crippen molar-refractivity contribution < 1.29 is 14.1 Å². The van der Waals surface area contributed by atoms with E-state index in [-0.39, 0.29) is 0 Å². The van der Waals surface area contributed by atoms with Crippen LogP contribution in [0.2, 0.25) is 0 Å². The first-order valence-electron chi connectivity index (χ1n) is 3.52. The zero-order chi connectivity index (χ0) is 8.97. The van der Waals surface area contributed by atoms with Crippen molar-refractivity contribution >= 4 is 5.91 Å². The van der Waals surface area contributed by atoms with Gasteiger partial charge >= 0.3 is 0 Å². The Morgan fingerprint density at radius 3 is 3.08 bits per heavy atom. The largest absolute Gasteiger partial charge is 0.365 e. The van der Waals surface area contributed by atoms with Crippen LogP contribution in [0.4, 0.5) is 0 Å². The first-order chi connectivity index (χ1) is 5.74. The summed E-state index contributed by atoms with van der Waals surface area (Å²) in [5, 5.41) is 0. The average molecular weight is 167 g/mol. The zero-order valence-electron chi connectivity index (χ0n) is 6.86. The van der Waals surface area contributed by atoms with Crippen LogP contribution in [0.3, 0.4) is 0 Å². The Morgan fingerprint density at radius 1 is 1.75 bits per heavy atom. The Hall–Kier alpha value is -1.42. The molecule has 4 heteroatoms. The molecular weight excluding hydrogens is 156 g/mol. The fourth-order valence-corrected chi connectivity index (χ4v) is 0.897. The van der Waals surface area contributed by atoms with Crippen LogP contribution in [-0.4, -0.2) is 13.0 Å². The molecule has 4 nitrogen and oxygen atoms in total. The summed E-state index contributed by atoms with van der Waals surface area (Å²) in [6.07, 6.45) is 3.45. The third-order valence-corrected chi connectivity index (χ3v) is 1.42. The molecule has 0 saturated heterocycles. The van der Waals surface area contributed by atoms with Crippen LogP contribution in [0.5, 0.6) is 0 Å². The molecule has 0 aliphatic heterocycles. The number of hydrogen-bond acceptors (Lipinski definition) is 2. The molecule has 0 spiro atoms. The topological polar surface area (TPSA) is 56.2 Å². The summed E-state index contributed by atoms with van der Waals surface area (Å²) in [6.45, 7) is 0.418. The van der Waals surface area contributed by atoms with Gasteiger partial charge in [-0.25, -0.2) is 0 Å². The minimum Gasteiger partial charge on any atom is -0.365 e. The van der Waals surface area contributed by atoms with Gasteiger partial charge in [0.2, 0.25) is 0 Å². The molecular formula is C8H11N2O2+. The van der Waals surface area contributed by atoms with E-state index in [9.17, 15) is 4.79 Å². The lowest BCUT2D eigenvalue weighted by molar-refractivity contribution is -0.731. The Morgan fingerprint density at radius 2 is 2.50 bits per heavy atom. The van der Waals surface area contributed by atoms with Crippen molar-refractivity contribution in [2.24, 2.45) is 5.73 Å². The van der Waals surface area contributed by atoms with Gasteiger partial charge in [0.25, 0.3) is 12.6 Å². The molecule has 2 N–H and O–H groups in total. The number of hydrogen-bond donors (Lipinski definition) is 1. The Kier molecular flexibility index (Phi) is 2.76. The van der Waals surface area contributed by atoms with E-state index in [1.54, 1.807) is 36.2 Å². The van der Waals surface area contributed by atoms with Gasteiger partial charge in [-0.15, -0.1) is 0 Å².